The van der Waals surface area contributed by atoms with E-state index in [1.54, 1.807) is 25.9 Å². The second-order valence-electron chi connectivity index (χ2n) is 2.26. The molecule has 0 rings (SSSR count). The molecule has 1 atom stereocenters. The average molecular weight is 199 g/mol. The molecule has 1 unspecified atom stereocenters. The van der Waals surface area contributed by atoms with E-state index in [2.05, 4.69) is 0 Å². The first-order valence-electron chi connectivity index (χ1n) is 3.10. The van der Waals surface area contributed by atoms with E-state index in [9.17, 15) is 4.79 Å². The summed E-state index contributed by atoms with van der Waals surface area (Å²) >= 11 is 0. The van der Waals surface area contributed by atoms with E-state index in [-0.39, 0.29) is 6.04 Å². The Kier molecular flexibility index (Phi) is 8.52. The van der Waals surface area contributed by atoms with Crippen molar-refractivity contribution in [2.45, 2.75) is 13.0 Å². The predicted molar refractivity (Wildman–Crippen MR) is 44.2 cm³/mol. The number of aliphatic carboxylic acids is 1. The predicted octanol–water partition coefficient (Wildman–Crippen LogP) is -0.618. The van der Waals surface area contributed by atoms with E-state index in [1.165, 1.54) is 0 Å². The third kappa shape index (κ3) is 12.3. The Balaban J connectivity index is 0. The molecule has 0 aliphatic rings. The summed E-state index contributed by atoms with van der Waals surface area (Å²) in [6, 6.07) is -0.380. The number of nitrogens with zero attached hydrogens (tertiary/aromatic N) is 1. The Hall–Kier alpha value is -0.420. The molecular weight excluding hydrogens is 185 g/mol. The van der Waals surface area contributed by atoms with Gasteiger partial charge < -0.3 is 14.9 Å². The van der Waals surface area contributed by atoms with Crippen molar-refractivity contribution in [2.75, 3.05) is 14.1 Å². The monoisotopic (exact) mass is 199 g/mol. The van der Waals surface area contributed by atoms with Gasteiger partial charge >= 0.3 is 14.2 Å². The Morgan fingerprint density at radius 2 is 1.67 bits per heavy atom. The van der Waals surface area contributed by atoms with Gasteiger partial charge in [0.15, 0.2) is 0 Å². The molecule has 0 amide bonds. The molecule has 0 heterocycles. The zero-order valence-electron chi connectivity index (χ0n) is 7.18. The third-order valence-electron chi connectivity index (χ3n) is 1.13. The van der Waals surface area contributed by atoms with E-state index in [0.29, 0.717) is 0 Å². The van der Waals surface area contributed by atoms with E-state index in [4.69, 9.17) is 19.5 Å². The van der Waals surface area contributed by atoms with Crippen molar-refractivity contribution in [1.82, 2.24) is 4.90 Å². The maximum absolute atomic E-state index is 10.1. The van der Waals surface area contributed by atoms with Gasteiger partial charge in [-0.15, -0.1) is 0 Å². The third-order valence-corrected chi connectivity index (χ3v) is 1.13. The summed E-state index contributed by atoms with van der Waals surface area (Å²) in [7, 11) is 0.340. The normalized spacial score (nSPS) is 12.2. The topological polar surface area (TPSA) is 98.1 Å². The van der Waals surface area contributed by atoms with Gasteiger partial charge in [0.1, 0.15) is 6.04 Å². The van der Waals surface area contributed by atoms with Gasteiger partial charge in [0.25, 0.3) is 0 Å². The fourth-order valence-corrected chi connectivity index (χ4v) is 0.221. The standard InChI is InChI=1S/C5H11NO2.H3O3P/c1-4(5(7)8)6(2)3;1-4(2)3/h4H,1-3H3,(H,7,8);4H,(H2,1,2,3). The van der Waals surface area contributed by atoms with Crippen LogP contribution in [0.3, 0.4) is 0 Å². The van der Waals surface area contributed by atoms with Crippen LogP contribution in [0.4, 0.5) is 0 Å². The second kappa shape index (κ2) is 7.24. The number of likely N-dealkylation sites (N-methyl/N-ethyl adjacent to an activating group) is 1. The van der Waals surface area contributed by atoms with Gasteiger partial charge in [0.05, 0.1) is 0 Å². The SMILES string of the molecule is CC(C(=O)O)N(C)C.O=[PH](O)O. The van der Waals surface area contributed by atoms with Crippen molar-refractivity contribution in [3.63, 3.8) is 0 Å². The fraction of sp³-hybridized carbons (Fsp3) is 0.800. The van der Waals surface area contributed by atoms with Gasteiger partial charge in [-0.2, -0.15) is 0 Å². The van der Waals surface area contributed by atoms with Crippen molar-refractivity contribution in [3.05, 3.63) is 0 Å². The quantitative estimate of drug-likeness (QED) is 0.513. The van der Waals surface area contributed by atoms with Gasteiger partial charge in [-0.25, -0.2) is 0 Å². The lowest BCUT2D eigenvalue weighted by atomic mass is 10.3. The van der Waals surface area contributed by atoms with E-state index in [0.717, 1.165) is 0 Å². The minimum Gasteiger partial charge on any atom is -0.480 e. The van der Waals surface area contributed by atoms with Gasteiger partial charge in [0.2, 0.25) is 0 Å². The van der Waals surface area contributed by atoms with Crippen molar-refractivity contribution >= 4 is 14.2 Å². The lowest BCUT2D eigenvalue weighted by Gasteiger charge is -2.13. The molecular formula is C5H14NO5P. The smallest absolute Gasteiger partial charge is 0.320 e. The Morgan fingerprint density at radius 3 is 1.67 bits per heavy atom. The van der Waals surface area contributed by atoms with Crippen LogP contribution in [0, 0.1) is 0 Å². The highest BCUT2D eigenvalue weighted by Gasteiger charge is 2.11. The Labute approximate surface area is 71.4 Å². The van der Waals surface area contributed by atoms with E-state index >= 15 is 0 Å². The summed E-state index contributed by atoms with van der Waals surface area (Å²) in [4.78, 5) is 26.1. The molecule has 3 N–H and O–H groups in total. The molecule has 0 saturated heterocycles. The van der Waals surface area contributed by atoms with Gasteiger partial charge in [-0.1, -0.05) is 0 Å². The summed E-state index contributed by atoms with van der Waals surface area (Å²) in [5, 5.41) is 8.31. The van der Waals surface area contributed by atoms with Crippen LogP contribution in [0.1, 0.15) is 6.92 Å². The second-order valence-corrected chi connectivity index (χ2v) is 2.83. The summed E-state index contributed by atoms with van der Waals surface area (Å²) in [6.07, 6.45) is 0. The first kappa shape index (κ1) is 14.1. The van der Waals surface area contributed by atoms with E-state index < -0.39 is 14.2 Å². The highest BCUT2D eigenvalue weighted by molar-refractivity contribution is 7.30. The van der Waals surface area contributed by atoms with Crippen LogP contribution in [0.5, 0.6) is 0 Å². The Morgan fingerprint density at radius 1 is 1.42 bits per heavy atom. The number of carboxylic acid groups (broad SMARTS) is 1. The number of hydrogen-bond donors (Lipinski definition) is 3. The largest absolute Gasteiger partial charge is 0.480 e. The summed E-state index contributed by atoms with van der Waals surface area (Å²) in [5.41, 5.74) is 0. The number of rotatable bonds is 2. The molecule has 0 aromatic rings. The van der Waals surface area contributed by atoms with Crippen molar-refractivity contribution in [2.24, 2.45) is 0 Å². The van der Waals surface area contributed by atoms with Crippen LogP contribution in [-0.2, 0) is 9.36 Å². The molecule has 0 bridgehead atoms. The molecule has 0 spiro atoms. The molecule has 0 radical (unpaired) electrons. The zero-order chi connectivity index (χ0) is 10.3. The van der Waals surface area contributed by atoms with Crippen LogP contribution in [0.25, 0.3) is 0 Å². The van der Waals surface area contributed by atoms with Crippen molar-refractivity contribution < 1.29 is 24.3 Å². The molecule has 7 heteroatoms. The highest BCUT2D eigenvalue weighted by atomic mass is 31.1. The van der Waals surface area contributed by atoms with Crippen LogP contribution < -0.4 is 0 Å². The summed E-state index contributed by atoms with van der Waals surface area (Å²) in [6.45, 7) is 1.64. The van der Waals surface area contributed by atoms with Crippen LogP contribution in [-0.4, -0.2) is 45.9 Å². The average Bonchev–Trinajstić information content (AvgIpc) is 1.84. The minimum atomic E-state index is -3.13. The molecule has 0 aliphatic carbocycles. The molecule has 74 valence electrons. The summed E-state index contributed by atoms with van der Waals surface area (Å²) in [5.74, 6) is -0.782. The Bertz CT molecular complexity index is 156. The van der Waals surface area contributed by atoms with Crippen LogP contribution in [0.15, 0.2) is 0 Å². The number of carbonyl (C=O) groups is 1. The van der Waals surface area contributed by atoms with Gasteiger partial charge in [0, 0.05) is 0 Å². The first-order valence-corrected chi connectivity index (χ1v) is 4.40. The fourth-order valence-electron chi connectivity index (χ4n) is 0.221. The molecule has 0 aromatic heterocycles. The van der Waals surface area contributed by atoms with Crippen molar-refractivity contribution in [1.29, 1.82) is 0 Å². The molecule has 12 heavy (non-hydrogen) atoms. The van der Waals surface area contributed by atoms with Crippen LogP contribution >= 0.6 is 8.25 Å². The van der Waals surface area contributed by atoms with E-state index in [1.807, 2.05) is 0 Å². The lowest BCUT2D eigenvalue weighted by Crippen LogP contribution is -2.32. The zero-order valence-corrected chi connectivity index (χ0v) is 8.18. The van der Waals surface area contributed by atoms with Gasteiger partial charge in [-0.05, 0) is 21.0 Å². The molecule has 0 aliphatic heterocycles. The first-order chi connectivity index (χ1) is 5.29. The van der Waals surface area contributed by atoms with Crippen LogP contribution in [0.2, 0.25) is 0 Å². The molecule has 0 saturated carbocycles. The maximum Gasteiger partial charge on any atom is 0.320 e. The molecule has 6 nitrogen and oxygen atoms in total. The van der Waals surface area contributed by atoms with Crippen molar-refractivity contribution in [3.8, 4) is 0 Å². The molecule has 0 fully saturated rings. The summed E-state index contributed by atoms with van der Waals surface area (Å²) < 4.78 is 8.74. The number of carboxylic acids is 1. The highest BCUT2D eigenvalue weighted by Crippen LogP contribution is 1.98. The lowest BCUT2D eigenvalue weighted by molar-refractivity contribution is -0.141. The number of hydrogen-bond acceptors (Lipinski definition) is 3. The molecule has 0 aromatic carbocycles. The maximum atomic E-state index is 10.1. The minimum absolute atomic E-state index is 0.380. The van der Waals surface area contributed by atoms with Gasteiger partial charge in [-0.3, -0.25) is 14.3 Å².